The Bertz CT molecular complexity index is 797. The molecule has 1 aliphatic heterocycles. The van der Waals surface area contributed by atoms with Crippen molar-refractivity contribution in [2.75, 3.05) is 5.75 Å². The zero-order valence-electron chi connectivity index (χ0n) is 13.6. The summed E-state index contributed by atoms with van der Waals surface area (Å²) in [5.74, 6) is -0.0248. The highest BCUT2D eigenvalue weighted by Gasteiger charge is 2.41. The zero-order valence-corrected chi connectivity index (χ0v) is 14.4. The van der Waals surface area contributed by atoms with E-state index in [2.05, 4.69) is 5.32 Å². The first kappa shape index (κ1) is 16.2. The minimum Gasteiger partial charge on any atom is -0.451 e. The van der Waals surface area contributed by atoms with Crippen molar-refractivity contribution in [3.63, 3.8) is 0 Å². The third-order valence-corrected chi connectivity index (χ3v) is 5.65. The minimum atomic E-state index is -0.306. The first-order chi connectivity index (χ1) is 12.1. The Labute approximate surface area is 148 Å². The smallest absolute Gasteiger partial charge is 0.289 e. The number of carbonyl (C=O) groups excluding carboxylic acids is 3. The van der Waals surface area contributed by atoms with Gasteiger partial charge in [-0.3, -0.25) is 19.3 Å². The molecule has 2 atom stereocenters. The summed E-state index contributed by atoms with van der Waals surface area (Å²) in [7, 11) is 0. The summed E-state index contributed by atoms with van der Waals surface area (Å²) in [6, 6.07) is 8.65. The van der Waals surface area contributed by atoms with Crippen molar-refractivity contribution in [1.29, 1.82) is 0 Å². The van der Waals surface area contributed by atoms with Gasteiger partial charge in [0.15, 0.2) is 5.76 Å². The Kier molecular flexibility index (Phi) is 4.25. The number of nitrogens with one attached hydrogen (secondary N) is 1. The number of nitrogens with zero attached hydrogens (tertiary/aromatic N) is 1. The number of hydrogen-bond acceptors (Lipinski definition) is 5. The molecule has 2 aromatic rings. The van der Waals surface area contributed by atoms with Gasteiger partial charge in [0.1, 0.15) is 5.58 Å². The van der Waals surface area contributed by atoms with Crippen LogP contribution in [0.5, 0.6) is 0 Å². The van der Waals surface area contributed by atoms with Gasteiger partial charge in [-0.15, -0.1) is 0 Å². The van der Waals surface area contributed by atoms with E-state index in [0.717, 1.165) is 42.8 Å². The minimum absolute atomic E-state index is 0.162. The maximum absolute atomic E-state index is 12.6. The highest BCUT2D eigenvalue weighted by atomic mass is 32.2. The highest BCUT2D eigenvalue weighted by Crippen LogP contribution is 2.30. The van der Waals surface area contributed by atoms with E-state index in [0.29, 0.717) is 5.58 Å². The van der Waals surface area contributed by atoms with Crippen LogP contribution in [0.15, 0.2) is 34.7 Å². The summed E-state index contributed by atoms with van der Waals surface area (Å²) in [5.41, 5.74) is 0.661. The maximum atomic E-state index is 12.6. The highest BCUT2D eigenvalue weighted by molar-refractivity contribution is 8.14. The number of imide groups is 1. The molecule has 1 aliphatic carbocycles. The van der Waals surface area contributed by atoms with Crippen molar-refractivity contribution in [2.24, 2.45) is 0 Å². The Balaban J connectivity index is 1.53. The lowest BCUT2D eigenvalue weighted by Crippen LogP contribution is -2.54. The van der Waals surface area contributed by atoms with Crippen molar-refractivity contribution < 1.29 is 18.8 Å². The van der Waals surface area contributed by atoms with Gasteiger partial charge in [-0.1, -0.05) is 42.8 Å². The van der Waals surface area contributed by atoms with Crippen molar-refractivity contribution in [3.8, 4) is 0 Å². The van der Waals surface area contributed by atoms with Crippen LogP contribution in [0.4, 0.5) is 4.79 Å². The molecule has 2 unspecified atom stereocenters. The molecule has 3 amide bonds. The zero-order chi connectivity index (χ0) is 17.4. The molecule has 2 fully saturated rings. The van der Waals surface area contributed by atoms with E-state index in [1.54, 1.807) is 6.07 Å². The standard InChI is InChI=1S/C18H18N2O4S/c21-16-10-25-18(23)20(16)13-7-3-2-6-12(13)19-17(22)15-9-11-5-1-4-8-14(11)24-15/h1,4-5,8-9,12-13H,2-3,6-7,10H2,(H,19,22). The number of para-hydroxylation sites is 1. The predicted octanol–water partition coefficient (Wildman–Crippen LogP) is 3.17. The van der Waals surface area contributed by atoms with Gasteiger partial charge in [0.25, 0.3) is 11.1 Å². The van der Waals surface area contributed by atoms with Gasteiger partial charge in [0.05, 0.1) is 17.8 Å². The average Bonchev–Trinajstić information content (AvgIpc) is 3.19. The quantitative estimate of drug-likeness (QED) is 0.912. The van der Waals surface area contributed by atoms with E-state index in [9.17, 15) is 14.4 Å². The topological polar surface area (TPSA) is 79.6 Å². The Morgan fingerprint density at radius 3 is 2.76 bits per heavy atom. The third-order valence-electron chi connectivity index (χ3n) is 4.81. The number of carbonyl (C=O) groups is 3. The lowest BCUT2D eigenvalue weighted by Gasteiger charge is -2.36. The van der Waals surface area contributed by atoms with Gasteiger partial charge in [0, 0.05) is 5.39 Å². The lowest BCUT2D eigenvalue weighted by molar-refractivity contribution is -0.127. The van der Waals surface area contributed by atoms with Crippen molar-refractivity contribution >= 4 is 39.8 Å². The normalized spacial score (nSPS) is 24.1. The molecule has 1 N–H and O–H groups in total. The molecule has 1 aromatic carbocycles. The molecule has 25 heavy (non-hydrogen) atoms. The van der Waals surface area contributed by atoms with Crippen LogP contribution in [0.1, 0.15) is 36.2 Å². The van der Waals surface area contributed by atoms with Crippen LogP contribution in [-0.4, -0.2) is 39.8 Å². The summed E-state index contributed by atoms with van der Waals surface area (Å²) in [5, 5.41) is 3.64. The van der Waals surface area contributed by atoms with Gasteiger partial charge >= 0.3 is 0 Å². The maximum Gasteiger partial charge on any atom is 0.289 e. The second-order valence-electron chi connectivity index (χ2n) is 6.40. The van der Waals surface area contributed by atoms with Gasteiger partial charge in [0.2, 0.25) is 5.91 Å². The van der Waals surface area contributed by atoms with Crippen LogP contribution in [-0.2, 0) is 4.79 Å². The Morgan fingerprint density at radius 2 is 2.00 bits per heavy atom. The molecule has 1 aromatic heterocycles. The molecule has 0 bridgehead atoms. The molecular formula is C18H18N2O4S. The van der Waals surface area contributed by atoms with Gasteiger partial charge < -0.3 is 9.73 Å². The molecule has 2 heterocycles. The summed E-state index contributed by atoms with van der Waals surface area (Å²) >= 11 is 1.03. The Morgan fingerprint density at radius 1 is 1.20 bits per heavy atom. The van der Waals surface area contributed by atoms with E-state index in [4.69, 9.17) is 4.42 Å². The molecule has 130 valence electrons. The summed E-state index contributed by atoms with van der Waals surface area (Å²) in [6.07, 6.45) is 3.38. The molecule has 1 saturated carbocycles. The second kappa shape index (κ2) is 6.55. The number of benzene rings is 1. The number of furan rings is 1. The molecule has 0 spiro atoms. The lowest BCUT2D eigenvalue weighted by atomic mass is 9.89. The van der Waals surface area contributed by atoms with Crippen LogP contribution in [0.3, 0.4) is 0 Å². The van der Waals surface area contributed by atoms with E-state index >= 15 is 0 Å². The number of amides is 3. The predicted molar refractivity (Wildman–Crippen MR) is 94.4 cm³/mol. The van der Waals surface area contributed by atoms with Crippen molar-refractivity contribution in [1.82, 2.24) is 10.2 Å². The fourth-order valence-corrected chi connectivity index (χ4v) is 4.37. The molecule has 0 radical (unpaired) electrons. The summed E-state index contributed by atoms with van der Waals surface area (Å²) in [6.45, 7) is 0. The van der Waals surface area contributed by atoms with Crippen molar-refractivity contribution in [2.45, 2.75) is 37.8 Å². The SMILES string of the molecule is O=C(NC1CCCCC1N1C(=O)CSC1=O)c1cc2ccccc2o1. The summed E-state index contributed by atoms with van der Waals surface area (Å²) in [4.78, 5) is 38.0. The molecule has 2 aliphatic rings. The Hall–Kier alpha value is -2.28. The number of thioether (sulfide) groups is 1. The van der Waals surface area contributed by atoms with Gasteiger partial charge in [-0.25, -0.2) is 0 Å². The largest absolute Gasteiger partial charge is 0.451 e. The fourth-order valence-electron chi connectivity index (χ4n) is 3.61. The molecule has 6 nitrogen and oxygen atoms in total. The average molecular weight is 358 g/mol. The third kappa shape index (κ3) is 3.04. The molecule has 4 rings (SSSR count). The van der Waals surface area contributed by atoms with Crippen molar-refractivity contribution in [3.05, 3.63) is 36.1 Å². The van der Waals surface area contributed by atoms with Crippen LogP contribution in [0.2, 0.25) is 0 Å². The van der Waals surface area contributed by atoms with E-state index in [1.165, 1.54) is 4.90 Å². The van der Waals surface area contributed by atoms with Crippen LogP contribution < -0.4 is 5.32 Å². The first-order valence-corrected chi connectivity index (χ1v) is 9.40. The molecular weight excluding hydrogens is 340 g/mol. The summed E-state index contributed by atoms with van der Waals surface area (Å²) < 4.78 is 5.61. The van der Waals surface area contributed by atoms with E-state index < -0.39 is 0 Å². The number of hydrogen-bond donors (Lipinski definition) is 1. The van der Waals surface area contributed by atoms with Gasteiger partial charge in [-0.05, 0) is 25.0 Å². The van der Waals surface area contributed by atoms with E-state index in [-0.39, 0.29) is 40.7 Å². The van der Waals surface area contributed by atoms with E-state index in [1.807, 2.05) is 24.3 Å². The van der Waals surface area contributed by atoms with Crippen LogP contribution in [0, 0.1) is 0 Å². The van der Waals surface area contributed by atoms with Crippen LogP contribution >= 0.6 is 11.8 Å². The molecule has 1 saturated heterocycles. The fraction of sp³-hybridized carbons (Fsp3) is 0.389. The monoisotopic (exact) mass is 358 g/mol. The van der Waals surface area contributed by atoms with Gasteiger partial charge in [-0.2, -0.15) is 0 Å². The van der Waals surface area contributed by atoms with Crippen LogP contribution in [0.25, 0.3) is 11.0 Å². The second-order valence-corrected chi connectivity index (χ2v) is 7.33. The number of rotatable bonds is 3. The first-order valence-electron chi connectivity index (χ1n) is 8.42. The molecule has 7 heteroatoms. The number of fused-ring (bicyclic) bond motifs is 1.